The molecule has 0 aliphatic heterocycles. The number of rotatable bonds is 16. The molecular weight excluding hydrogens is 338 g/mol. The zero-order chi connectivity index (χ0) is 19.7. The van der Waals surface area contributed by atoms with E-state index in [4.69, 9.17) is 9.47 Å². The summed E-state index contributed by atoms with van der Waals surface area (Å²) in [5, 5.41) is 2.90. The van der Waals surface area contributed by atoms with Crippen molar-refractivity contribution >= 4 is 5.91 Å². The van der Waals surface area contributed by atoms with Gasteiger partial charge in [-0.1, -0.05) is 70.7 Å². The van der Waals surface area contributed by atoms with Crippen LogP contribution in [0.5, 0.6) is 0 Å². The van der Waals surface area contributed by atoms with Crippen molar-refractivity contribution < 1.29 is 14.3 Å². The molecule has 0 aromatic heterocycles. The molecule has 0 aliphatic carbocycles. The van der Waals surface area contributed by atoms with Crippen LogP contribution in [0.15, 0.2) is 24.3 Å². The van der Waals surface area contributed by atoms with Crippen LogP contribution < -0.4 is 5.32 Å². The van der Waals surface area contributed by atoms with Crippen LogP contribution in [0.25, 0.3) is 0 Å². The van der Waals surface area contributed by atoms with Crippen molar-refractivity contribution in [3.05, 3.63) is 35.4 Å². The third kappa shape index (κ3) is 13.4. The molecule has 1 aromatic carbocycles. The van der Waals surface area contributed by atoms with Gasteiger partial charge >= 0.3 is 0 Å². The van der Waals surface area contributed by atoms with Crippen molar-refractivity contribution in [1.29, 1.82) is 0 Å². The summed E-state index contributed by atoms with van der Waals surface area (Å²) < 4.78 is 11.0. The third-order valence-corrected chi connectivity index (χ3v) is 4.36. The molecule has 0 bridgehead atoms. The van der Waals surface area contributed by atoms with Crippen molar-refractivity contribution in [3.63, 3.8) is 0 Å². The maximum atomic E-state index is 12.0. The quantitative estimate of drug-likeness (QED) is 0.430. The minimum absolute atomic E-state index is 0.0403. The summed E-state index contributed by atoms with van der Waals surface area (Å²) in [5.41, 5.74) is 2.37. The van der Waals surface area contributed by atoms with Crippen molar-refractivity contribution in [2.24, 2.45) is 5.92 Å². The fourth-order valence-electron chi connectivity index (χ4n) is 2.90. The van der Waals surface area contributed by atoms with E-state index in [1.165, 1.54) is 31.2 Å². The fraction of sp³-hybridized carbons (Fsp3) is 0.696. The molecule has 0 fully saturated rings. The van der Waals surface area contributed by atoms with E-state index in [2.05, 4.69) is 38.2 Å². The molecule has 0 radical (unpaired) electrons. The Morgan fingerprint density at radius 3 is 2.19 bits per heavy atom. The number of ether oxygens (including phenoxy) is 2. The molecule has 1 rings (SSSR count). The first-order valence-corrected chi connectivity index (χ1v) is 10.6. The van der Waals surface area contributed by atoms with E-state index in [-0.39, 0.29) is 5.91 Å². The molecule has 1 N–H and O–H groups in total. The molecular formula is C23H39NO3. The Bertz CT molecular complexity index is 485. The van der Waals surface area contributed by atoms with Gasteiger partial charge in [-0.25, -0.2) is 0 Å². The number of benzene rings is 1. The molecule has 1 aromatic rings. The Morgan fingerprint density at radius 1 is 0.889 bits per heavy atom. The van der Waals surface area contributed by atoms with Crippen molar-refractivity contribution in [2.75, 3.05) is 33.0 Å². The summed E-state index contributed by atoms with van der Waals surface area (Å²) in [7, 11) is 0. The van der Waals surface area contributed by atoms with Gasteiger partial charge in [-0.2, -0.15) is 0 Å². The van der Waals surface area contributed by atoms with E-state index in [0.717, 1.165) is 25.0 Å². The first kappa shape index (κ1) is 23.6. The van der Waals surface area contributed by atoms with Crippen LogP contribution in [0, 0.1) is 5.92 Å². The van der Waals surface area contributed by atoms with Crippen LogP contribution in [0.1, 0.15) is 64.0 Å². The topological polar surface area (TPSA) is 47.6 Å². The van der Waals surface area contributed by atoms with Gasteiger partial charge in [-0.05, 0) is 29.9 Å². The predicted molar refractivity (Wildman–Crippen MR) is 112 cm³/mol. The monoisotopic (exact) mass is 377 g/mol. The van der Waals surface area contributed by atoms with Gasteiger partial charge in [-0.15, -0.1) is 0 Å². The Morgan fingerprint density at radius 2 is 1.52 bits per heavy atom. The van der Waals surface area contributed by atoms with Crippen molar-refractivity contribution in [1.82, 2.24) is 5.32 Å². The second kappa shape index (κ2) is 15.6. The number of hydrogen-bond donors (Lipinski definition) is 1. The predicted octanol–water partition coefficient (Wildman–Crippen LogP) is 4.55. The lowest BCUT2D eigenvalue weighted by Crippen LogP contribution is -2.29. The molecule has 0 aliphatic rings. The van der Waals surface area contributed by atoms with Gasteiger partial charge in [0.05, 0.1) is 26.2 Å². The highest BCUT2D eigenvalue weighted by Gasteiger charge is 2.04. The number of hydrogen-bond acceptors (Lipinski definition) is 3. The summed E-state index contributed by atoms with van der Waals surface area (Å²) in [5.74, 6) is 0.689. The van der Waals surface area contributed by atoms with E-state index in [9.17, 15) is 4.79 Å². The average molecular weight is 378 g/mol. The van der Waals surface area contributed by atoms with Gasteiger partial charge in [0.25, 0.3) is 0 Å². The van der Waals surface area contributed by atoms with E-state index in [0.29, 0.717) is 38.7 Å². The normalized spacial score (nSPS) is 11.1. The van der Waals surface area contributed by atoms with E-state index in [1.54, 1.807) is 0 Å². The fourth-order valence-corrected chi connectivity index (χ4v) is 2.90. The number of carbonyl (C=O) groups excluding carboxylic acids is 1. The molecule has 0 atom stereocenters. The minimum Gasteiger partial charge on any atom is -0.379 e. The maximum Gasteiger partial charge on any atom is 0.224 e. The Labute approximate surface area is 166 Å². The minimum atomic E-state index is 0.0403. The highest BCUT2D eigenvalue weighted by molar-refractivity contribution is 5.78. The SMILES string of the molecule is CCCCCCCOCCOCCNC(=O)Cc1ccc(CC(C)C)cc1. The lowest BCUT2D eigenvalue weighted by atomic mass is 10.0. The molecule has 0 spiro atoms. The van der Waals surface area contributed by atoms with Crippen LogP contribution >= 0.6 is 0 Å². The van der Waals surface area contributed by atoms with Gasteiger partial charge in [0.15, 0.2) is 0 Å². The Kier molecular flexibility index (Phi) is 13.7. The second-order valence-corrected chi connectivity index (χ2v) is 7.58. The first-order valence-electron chi connectivity index (χ1n) is 10.6. The smallest absolute Gasteiger partial charge is 0.224 e. The van der Waals surface area contributed by atoms with Crippen LogP contribution in [-0.4, -0.2) is 38.9 Å². The standard InChI is InChI=1S/C23H39NO3/c1-4-5-6-7-8-14-26-16-17-27-15-13-24-23(25)19-22-11-9-21(10-12-22)18-20(2)3/h9-12,20H,4-8,13-19H2,1-3H3,(H,24,25). The molecule has 4 nitrogen and oxygen atoms in total. The van der Waals surface area contributed by atoms with Crippen molar-refractivity contribution in [2.45, 2.75) is 65.7 Å². The van der Waals surface area contributed by atoms with Gasteiger partial charge in [0.1, 0.15) is 0 Å². The molecule has 1 amide bonds. The largest absolute Gasteiger partial charge is 0.379 e. The van der Waals surface area contributed by atoms with E-state index >= 15 is 0 Å². The number of carbonyl (C=O) groups is 1. The maximum absolute atomic E-state index is 12.0. The van der Waals surface area contributed by atoms with Crippen LogP contribution in [0.2, 0.25) is 0 Å². The first-order chi connectivity index (χ1) is 13.1. The zero-order valence-electron chi connectivity index (χ0n) is 17.6. The van der Waals surface area contributed by atoms with Crippen LogP contribution in [-0.2, 0) is 27.1 Å². The summed E-state index contributed by atoms with van der Waals surface area (Å²) in [6, 6.07) is 8.34. The number of amides is 1. The van der Waals surface area contributed by atoms with Gasteiger partial charge in [0, 0.05) is 13.2 Å². The molecule has 0 saturated carbocycles. The molecule has 154 valence electrons. The van der Waals surface area contributed by atoms with Gasteiger partial charge in [0.2, 0.25) is 5.91 Å². The summed E-state index contributed by atoms with van der Waals surface area (Å²) in [4.78, 5) is 12.0. The second-order valence-electron chi connectivity index (χ2n) is 7.58. The van der Waals surface area contributed by atoms with E-state index in [1.807, 2.05) is 12.1 Å². The Balaban J connectivity index is 1.97. The van der Waals surface area contributed by atoms with Gasteiger partial charge in [-0.3, -0.25) is 4.79 Å². The highest BCUT2D eigenvalue weighted by Crippen LogP contribution is 2.10. The molecule has 0 heterocycles. The molecule has 27 heavy (non-hydrogen) atoms. The van der Waals surface area contributed by atoms with Gasteiger partial charge < -0.3 is 14.8 Å². The summed E-state index contributed by atoms with van der Waals surface area (Å²) in [6.45, 7) is 9.75. The molecule has 0 saturated heterocycles. The molecule has 0 unspecified atom stereocenters. The van der Waals surface area contributed by atoms with E-state index < -0.39 is 0 Å². The van der Waals surface area contributed by atoms with Crippen molar-refractivity contribution in [3.8, 4) is 0 Å². The lowest BCUT2D eigenvalue weighted by Gasteiger charge is -2.08. The summed E-state index contributed by atoms with van der Waals surface area (Å²) in [6.07, 6.45) is 7.78. The van der Waals surface area contributed by atoms with Crippen LogP contribution in [0.4, 0.5) is 0 Å². The Hall–Kier alpha value is -1.39. The zero-order valence-corrected chi connectivity index (χ0v) is 17.6. The summed E-state index contributed by atoms with van der Waals surface area (Å²) >= 11 is 0. The average Bonchev–Trinajstić information content (AvgIpc) is 2.64. The molecule has 4 heteroatoms. The van der Waals surface area contributed by atoms with Crippen LogP contribution in [0.3, 0.4) is 0 Å². The lowest BCUT2D eigenvalue weighted by molar-refractivity contribution is -0.120. The highest BCUT2D eigenvalue weighted by atomic mass is 16.5. The third-order valence-electron chi connectivity index (χ3n) is 4.36. The number of unbranched alkanes of at least 4 members (excludes halogenated alkanes) is 4. The number of nitrogens with one attached hydrogen (secondary N) is 1.